The van der Waals surface area contributed by atoms with Gasteiger partial charge >= 0.3 is 0 Å². The van der Waals surface area contributed by atoms with Gasteiger partial charge in [0.1, 0.15) is 12.1 Å². The molecule has 3 rings (SSSR count). The molecule has 5 heteroatoms. The Bertz CT molecular complexity index is 1810. The van der Waals surface area contributed by atoms with Gasteiger partial charge in [-0.15, -0.1) is 0 Å². The van der Waals surface area contributed by atoms with Crippen LogP contribution >= 0.6 is 0 Å². The van der Waals surface area contributed by atoms with E-state index in [1.807, 2.05) is 31.2 Å². The topological polar surface area (TPSA) is 67.0 Å². The van der Waals surface area contributed by atoms with E-state index in [1.54, 1.807) is 0 Å². The predicted octanol–water partition coefficient (Wildman–Crippen LogP) is 18.1. The smallest absolute Gasteiger partial charge is 0.102 e. The van der Waals surface area contributed by atoms with E-state index in [4.69, 9.17) is 4.98 Å². The third-order valence-electron chi connectivity index (χ3n) is 13.4. The van der Waals surface area contributed by atoms with Gasteiger partial charge in [0.2, 0.25) is 0 Å². The third kappa shape index (κ3) is 22.6. The summed E-state index contributed by atoms with van der Waals surface area (Å²) < 4.78 is 0. The molecule has 356 valence electrons. The third-order valence-corrected chi connectivity index (χ3v) is 13.4. The van der Waals surface area contributed by atoms with Crippen molar-refractivity contribution in [1.82, 2.24) is 4.98 Å². The van der Waals surface area contributed by atoms with E-state index in [0.29, 0.717) is 28.1 Å². The van der Waals surface area contributed by atoms with Crippen LogP contribution in [-0.4, -0.2) is 31.2 Å². The zero-order valence-electron chi connectivity index (χ0n) is 42.3. The molecule has 0 radical (unpaired) electrons. The van der Waals surface area contributed by atoms with E-state index in [9.17, 15) is 10.5 Å². The molecule has 1 heterocycles. The van der Waals surface area contributed by atoms with Crippen LogP contribution in [0.25, 0.3) is 24.3 Å². The second-order valence-corrected chi connectivity index (χ2v) is 18.7. The maximum atomic E-state index is 10.4. The summed E-state index contributed by atoms with van der Waals surface area (Å²) in [5.74, 6) is 0. The fraction of sp³-hybridized carbons (Fsp3) is 0.617. The summed E-state index contributed by atoms with van der Waals surface area (Å²) in [5, 5.41) is 20.5. The zero-order chi connectivity index (χ0) is 46.6. The van der Waals surface area contributed by atoms with Crippen LogP contribution in [0.1, 0.15) is 247 Å². The molecule has 0 aliphatic heterocycles. The number of nitrogens with zero attached hydrogens (tertiary/aromatic N) is 5. The van der Waals surface area contributed by atoms with Crippen molar-refractivity contribution in [2.75, 3.05) is 36.0 Å². The maximum Gasteiger partial charge on any atom is 0.102 e. The van der Waals surface area contributed by atoms with E-state index in [2.05, 4.69) is 98.2 Å². The molecule has 5 nitrogen and oxygen atoms in total. The minimum absolute atomic E-state index is 0.420. The van der Waals surface area contributed by atoms with Gasteiger partial charge in [-0.1, -0.05) is 223 Å². The van der Waals surface area contributed by atoms with Gasteiger partial charge in [-0.2, -0.15) is 10.5 Å². The van der Waals surface area contributed by atoms with Crippen molar-refractivity contribution >= 4 is 35.7 Å². The van der Waals surface area contributed by atoms with E-state index in [-0.39, 0.29) is 0 Å². The number of anilines is 2. The molecule has 2 aromatic carbocycles. The van der Waals surface area contributed by atoms with E-state index in [1.165, 1.54) is 191 Å². The van der Waals surface area contributed by atoms with E-state index in [0.717, 1.165) is 37.3 Å². The average molecular weight is 882 g/mol. The highest BCUT2D eigenvalue weighted by molar-refractivity contribution is 5.81. The Morgan fingerprint density at radius 1 is 0.415 bits per heavy atom. The highest BCUT2D eigenvalue weighted by Gasteiger charge is 2.15. The Balaban J connectivity index is 1.46. The number of nitriles is 2. The number of pyridine rings is 1. The molecule has 0 amide bonds. The van der Waals surface area contributed by atoms with Crippen LogP contribution in [0.15, 0.2) is 48.5 Å². The number of unbranched alkanes of at least 4 members (excludes halogenated alkanes) is 26. The van der Waals surface area contributed by atoms with Crippen LogP contribution in [0.3, 0.4) is 0 Å². The van der Waals surface area contributed by atoms with Gasteiger partial charge in [-0.25, -0.2) is 0 Å². The van der Waals surface area contributed by atoms with Crippen molar-refractivity contribution in [3.8, 4) is 12.1 Å². The zero-order valence-corrected chi connectivity index (χ0v) is 42.3. The Labute approximate surface area is 399 Å². The normalized spacial score (nSPS) is 11.4. The van der Waals surface area contributed by atoms with Crippen molar-refractivity contribution in [3.05, 3.63) is 87.7 Å². The van der Waals surface area contributed by atoms with Crippen molar-refractivity contribution in [3.63, 3.8) is 0 Å². The van der Waals surface area contributed by atoms with Gasteiger partial charge in [-0.3, -0.25) is 4.98 Å². The van der Waals surface area contributed by atoms with Gasteiger partial charge in [0.15, 0.2) is 0 Å². The molecule has 0 spiro atoms. The molecule has 0 saturated heterocycles. The maximum absolute atomic E-state index is 10.4. The van der Waals surface area contributed by atoms with Gasteiger partial charge in [0.25, 0.3) is 0 Å². The van der Waals surface area contributed by atoms with Crippen molar-refractivity contribution < 1.29 is 0 Å². The highest BCUT2D eigenvalue weighted by atomic mass is 15.1. The first-order chi connectivity index (χ1) is 32.0. The Morgan fingerprint density at radius 3 is 1.06 bits per heavy atom. The molecule has 0 unspecified atom stereocenters. The van der Waals surface area contributed by atoms with Gasteiger partial charge in [0.05, 0.1) is 22.5 Å². The van der Waals surface area contributed by atoms with Crippen molar-refractivity contribution in [1.29, 1.82) is 10.5 Å². The monoisotopic (exact) mass is 882 g/mol. The van der Waals surface area contributed by atoms with Crippen LogP contribution < -0.4 is 9.80 Å². The fourth-order valence-electron chi connectivity index (χ4n) is 9.18. The first-order valence-electron chi connectivity index (χ1n) is 26.9. The average Bonchev–Trinajstić information content (AvgIpc) is 3.33. The summed E-state index contributed by atoms with van der Waals surface area (Å²) in [4.78, 5) is 9.66. The molecule has 0 saturated carbocycles. The lowest BCUT2D eigenvalue weighted by Gasteiger charge is -2.23. The summed E-state index contributed by atoms with van der Waals surface area (Å²) >= 11 is 0. The lowest BCUT2D eigenvalue weighted by molar-refractivity contribution is 0.535. The number of aromatic nitrogens is 1. The standard InChI is InChI=1S/C60H91N5/c1-6-10-12-14-16-18-20-22-24-26-28-30-32-34-48-64(8-3)55-42-36-53(37-43-55)40-46-57-58(50-61)52(5)63-60(59(57)51-62)47-41-54-38-44-56(45-39-54)65(9-4)49-35-33-31-29-27-25-23-21-19-17-15-13-11-7-2/h36-47H,6-35,48-49H2,1-5H3/b46-40+,47-41+. The van der Waals surface area contributed by atoms with Gasteiger partial charge < -0.3 is 9.80 Å². The van der Waals surface area contributed by atoms with E-state index < -0.39 is 0 Å². The summed E-state index contributed by atoms with van der Waals surface area (Å²) in [6, 6.07) is 22.1. The second-order valence-electron chi connectivity index (χ2n) is 18.7. The molecule has 0 N–H and O–H groups in total. The van der Waals surface area contributed by atoms with Crippen molar-refractivity contribution in [2.45, 2.75) is 214 Å². The van der Waals surface area contributed by atoms with Crippen LogP contribution in [0.5, 0.6) is 0 Å². The van der Waals surface area contributed by atoms with Gasteiger partial charge in [0, 0.05) is 43.1 Å². The Morgan fingerprint density at radius 2 is 0.738 bits per heavy atom. The summed E-state index contributed by atoms with van der Waals surface area (Å²) in [7, 11) is 0. The van der Waals surface area contributed by atoms with Crippen LogP contribution in [0, 0.1) is 29.6 Å². The molecule has 0 atom stereocenters. The van der Waals surface area contributed by atoms with Crippen LogP contribution in [0.4, 0.5) is 11.4 Å². The minimum Gasteiger partial charge on any atom is -0.372 e. The lowest BCUT2D eigenvalue weighted by Crippen LogP contribution is -2.23. The van der Waals surface area contributed by atoms with Crippen LogP contribution in [-0.2, 0) is 0 Å². The Kier molecular flexibility index (Phi) is 30.3. The molecular formula is C60H91N5. The highest BCUT2D eigenvalue weighted by Crippen LogP contribution is 2.26. The molecular weight excluding hydrogens is 791 g/mol. The minimum atomic E-state index is 0.420. The SMILES string of the molecule is CCCCCCCCCCCCCCCCN(CC)c1ccc(/C=C/c2nc(C)c(C#N)c(/C=C/c3ccc(N(CC)CCCCCCCCCCCCCCCC)cc3)c2C#N)cc1. The number of benzene rings is 2. The van der Waals surface area contributed by atoms with Gasteiger partial charge in [-0.05, 0) is 75.1 Å². The molecule has 0 aliphatic carbocycles. The number of rotatable bonds is 38. The predicted molar refractivity (Wildman–Crippen MR) is 286 cm³/mol. The number of hydrogen-bond donors (Lipinski definition) is 0. The van der Waals surface area contributed by atoms with E-state index >= 15 is 0 Å². The molecule has 65 heavy (non-hydrogen) atoms. The summed E-state index contributed by atoms with van der Waals surface area (Å²) in [6.07, 6.45) is 46.5. The number of hydrogen-bond acceptors (Lipinski definition) is 5. The van der Waals surface area contributed by atoms with Crippen LogP contribution in [0.2, 0.25) is 0 Å². The summed E-state index contributed by atoms with van der Waals surface area (Å²) in [6.45, 7) is 15.0. The first-order valence-corrected chi connectivity index (χ1v) is 26.9. The number of aryl methyl sites for hydroxylation is 1. The van der Waals surface area contributed by atoms with Crippen molar-refractivity contribution in [2.24, 2.45) is 0 Å². The fourth-order valence-corrected chi connectivity index (χ4v) is 9.18. The molecule has 3 aromatic rings. The molecule has 0 fully saturated rings. The molecule has 1 aromatic heterocycles. The largest absolute Gasteiger partial charge is 0.372 e. The summed E-state index contributed by atoms with van der Waals surface area (Å²) in [5.41, 5.74) is 7.27. The molecule has 0 bridgehead atoms. The Hall–Kier alpha value is -4.35. The quantitative estimate of drug-likeness (QED) is 0.0536. The first kappa shape index (κ1) is 55.0. The lowest BCUT2D eigenvalue weighted by atomic mass is 9.98. The second kappa shape index (κ2) is 35.9. The molecule has 0 aliphatic rings.